The van der Waals surface area contributed by atoms with Gasteiger partial charge in [0.15, 0.2) is 0 Å². The summed E-state index contributed by atoms with van der Waals surface area (Å²) in [5.74, 6) is -0.168. The zero-order valence-corrected chi connectivity index (χ0v) is 18.5. The van der Waals surface area contributed by atoms with Crippen molar-refractivity contribution < 1.29 is 19.1 Å². The summed E-state index contributed by atoms with van der Waals surface area (Å²) < 4.78 is 9.28. The van der Waals surface area contributed by atoms with Gasteiger partial charge < -0.3 is 9.47 Å². The number of unbranched alkanes of at least 4 members (excludes halogenated alkanes) is 14. The SMILES string of the molecule is COC(=O)CCCCCCCCCC=CCCCCCCCCCC(=O)OC. The normalized spacial score (nSPS) is 11.1. The lowest BCUT2D eigenvalue weighted by atomic mass is 10.1. The number of ether oxygens (including phenoxy) is 2. The minimum absolute atomic E-state index is 0.0840. The molecule has 4 heteroatoms. The summed E-state index contributed by atoms with van der Waals surface area (Å²) in [4.78, 5) is 22.0. The maximum Gasteiger partial charge on any atom is 0.305 e. The van der Waals surface area contributed by atoms with Crippen LogP contribution in [-0.4, -0.2) is 26.2 Å². The van der Waals surface area contributed by atoms with E-state index >= 15 is 0 Å². The fourth-order valence-electron chi connectivity index (χ4n) is 3.27. The van der Waals surface area contributed by atoms with Gasteiger partial charge in [-0.25, -0.2) is 0 Å². The van der Waals surface area contributed by atoms with Crippen molar-refractivity contribution in [2.45, 2.75) is 116 Å². The Morgan fingerprint density at radius 2 is 0.786 bits per heavy atom. The summed E-state index contributed by atoms with van der Waals surface area (Å²) in [6.07, 6.45) is 25.4. The molecule has 4 nitrogen and oxygen atoms in total. The van der Waals surface area contributed by atoms with Gasteiger partial charge in [-0.1, -0.05) is 76.4 Å². The van der Waals surface area contributed by atoms with Crippen LogP contribution in [0.5, 0.6) is 0 Å². The lowest BCUT2D eigenvalue weighted by Crippen LogP contribution is -1.99. The first-order chi connectivity index (χ1) is 13.7. The third-order valence-corrected chi connectivity index (χ3v) is 5.13. The number of allylic oxidation sites excluding steroid dienone is 2. The minimum atomic E-state index is -0.0840. The molecule has 0 bridgehead atoms. The molecule has 0 aliphatic rings. The molecule has 0 aromatic rings. The van der Waals surface area contributed by atoms with Crippen LogP contribution in [0.4, 0.5) is 0 Å². The molecule has 0 spiro atoms. The second-order valence-electron chi connectivity index (χ2n) is 7.65. The first kappa shape index (κ1) is 26.7. The number of hydrogen-bond acceptors (Lipinski definition) is 4. The molecular weight excluding hydrogens is 352 g/mol. The zero-order chi connectivity index (χ0) is 20.7. The molecule has 0 aromatic heterocycles. The van der Waals surface area contributed by atoms with E-state index in [1.54, 1.807) is 0 Å². The second-order valence-corrected chi connectivity index (χ2v) is 7.65. The van der Waals surface area contributed by atoms with Crippen LogP contribution in [0.3, 0.4) is 0 Å². The van der Waals surface area contributed by atoms with E-state index in [9.17, 15) is 9.59 Å². The Morgan fingerprint density at radius 3 is 1.11 bits per heavy atom. The standard InChI is InChI=1S/C24H44O4/c1-27-23(25)21-19-17-15-13-11-9-7-5-3-4-6-8-10-12-14-16-18-20-22-24(26)28-2/h3-4H,5-22H2,1-2H3. The Kier molecular flexibility index (Phi) is 20.9. The van der Waals surface area contributed by atoms with E-state index in [0.717, 1.165) is 25.7 Å². The highest BCUT2D eigenvalue weighted by molar-refractivity contribution is 5.69. The van der Waals surface area contributed by atoms with Gasteiger partial charge in [0.2, 0.25) is 0 Å². The molecule has 0 rings (SSSR count). The van der Waals surface area contributed by atoms with Gasteiger partial charge in [-0.3, -0.25) is 9.59 Å². The first-order valence-electron chi connectivity index (χ1n) is 11.5. The highest BCUT2D eigenvalue weighted by atomic mass is 16.5. The molecule has 0 aliphatic carbocycles. The molecule has 0 unspecified atom stereocenters. The van der Waals surface area contributed by atoms with Crippen molar-refractivity contribution in [3.8, 4) is 0 Å². The molecule has 164 valence electrons. The van der Waals surface area contributed by atoms with Crippen LogP contribution < -0.4 is 0 Å². The fraction of sp³-hybridized carbons (Fsp3) is 0.833. The molecule has 0 atom stereocenters. The van der Waals surface area contributed by atoms with Crippen LogP contribution in [0, 0.1) is 0 Å². The maximum absolute atomic E-state index is 11.0. The number of carbonyl (C=O) groups excluding carboxylic acids is 2. The van der Waals surface area contributed by atoms with E-state index in [4.69, 9.17) is 0 Å². The van der Waals surface area contributed by atoms with Crippen molar-refractivity contribution in [3.05, 3.63) is 12.2 Å². The third-order valence-electron chi connectivity index (χ3n) is 5.13. The van der Waals surface area contributed by atoms with Gasteiger partial charge in [0.05, 0.1) is 14.2 Å². The summed E-state index contributed by atoms with van der Waals surface area (Å²) in [6, 6.07) is 0. The summed E-state index contributed by atoms with van der Waals surface area (Å²) in [6.45, 7) is 0. The molecule has 0 amide bonds. The quantitative estimate of drug-likeness (QED) is 0.127. The Hall–Kier alpha value is -1.32. The van der Waals surface area contributed by atoms with Gasteiger partial charge in [-0.15, -0.1) is 0 Å². The summed E-state index contributed by atoms with van der Waals surface area (Å²) in [7, 11) is 2.91. The average Bonchev–Trinajstić information content (AvgIpc) is 2.71. The fourth-order valence-corrected chi connectivity index (χ4v) is 3.27. The van der Waals surface area contributed by atoms with Crippen LogP contribution >= 0.6 is 0 Å². The zero-order valence-electron chi connectivity index (χ0n) is 18.5. The molecule has 0 saturated heterocycles. The van der Waals surface area contributed by atoms with E-state index in [1.165, 1.54) is 91.3 Å². The molecule has 0 N–H and O–H groups in total. The van der Waals surface area contributed by atoms with Crippen molar-refractivity contribution >= 4 is 11.9 Å². The van der Waals surface area contributed by atoms with Crippen LogP contribution in [0.2, 0.25) is 0 Å². The van der Waals surface area contributed by atoms with Gasteiger partial charge in [0, 0.05) is 12.8 Å². The van der Waals surface area contributed by atoms with E-state index in [2.05, 4.69) is 21.6 Å². The number of esters is 2. The third kappa shape index (κ3) is 21.0. The van der Waals surface area contributed by atoms with Crippen molar-refractivity contribution in [2.75, 3.05) is 14.2 Å². The van der Waals surface area contributed by atoms with Gasteiger partial charge >= 0.3 is 11.9 Å². The van der Waals surface area contributed by atoms with E-state index < -0.39 is 0 Å². The topological polar surface area (TPSA) is 52.6 Å². The van der Waals surface area contributed by atoms with E-state index in [0.29, 0.717) is 12.8 Å². The van der Waals surface area contributed by atoms with Gasteiger partial charge in [-0.05, 0) is 38.5 Å². The smallest absolute Gasteiger partial charge is 0.305 e. The Labute approximate surface area is 173 Å². The van der Waals surface area contributed by atoms with Crippen molar-refractivity contribution in [1.82, 2.24) is 0 Å². The number of rotatable bonds is 20. The van der Waals surface area contributed by atoms with Crippen molar-refractivity contribution in [2.24, 2.45) is 0 Å². The summed E-state index contributed by atoms with van der Waals surface area (Å²) in [5.41, 5.74) is 0. The highest BCUT2D eigenvalue weighted by Crippen LogP contribution is 2.12. The summed E-state index contributed by atoms with van der Waals surface area (Å²) in [5, 5.41) is 0. The molecule has 0 heterocycles. The predicted octanol–water partition coefficient (Wildman–Crippen LogP) is 6.91. The molecule has 0 aliphatic heterocycles. The lowest BCUT2D eigenvalue weighted by Gasteiger charge is -2.02. The average molecular weight is 397 g/mol. The van der Waals surface area contributed by atoms with E-state index in [-0.39, 0.29) is 11.9 Å². The second kappa shape index (κ2) is 22.0. The molecule has 0 saturated carbocycles. The molecule has 0 aromatic carbocycles. The van der Waals surface area contributed by atoms with Gasteiger partial charge in [0.25, 0.3) is 0 Å². The Bertz CT molecular complexity index is 354. The maximum atomic E-state index is 11.0. The van der Waals surface area contributed by atoms with E-state index in [1.807, 2.05) is 0 Å². The Balaban J connectivity index is 3.14. The van der Waals surface area contributed by atoms with Crippen molar-refractivity contribution in [1.29, 1.82) is 0 Å². The number of methoxy groups -OCH3 is 2. The number of carbonyl (C=O) groups is 2. The van der Waals surface area contributed by atoms with Crippen LogP contribution in [-0.2, 0) is 19.1 Å². The molecule has 0 fully saturated rings. The minimum Gasteiger partial charge on any atom is -0.469 e. The Morgan fingerprint density at radius 1 is 0.500 bits per heavy atom. The first-order valence-corrected chi connectivity index (χ1v) is 11.5. The highest BCUT2D eigenvalue weighted by Gasteiger charge is 1.99. The van der Waals surface area contributed by atoms with Gasteiger partial charge in [0.1, 0.15) is 0 Å². The lowest BCUT2D eigenvalue weighted by molar-refractivity contribution is -0.141. The van der Waals surface area contributed by atoms with Crippen LogP contribution in [0.25, 0.3) is 0 Å². The molecule has 0 radical (unpaired) electrons. The van der Waals surface area contributed by atoms with Crippen LogP contribution in [0.1, 0.15) is 116 Å². The molecular formula is C24H44O4. The van der Waals surface area contributed by atoms with Crippen LogP contribution in [0.15, 0.2) is 12.2 Å². The largest absolute Gasteiger partial charge is 0.469 e. The monoisotopic (exact) mass is 396 g/mol. The number of hydrogen-bond donors (Lipinski definition) is 0. The van der Waals surface area contributed by atoms with Gasteiger partial charge in [-0.2, -0.15) is 0 Å². The summed E-state index contributed by atoms with van der Waals surface area (Å²) >= 11 is 0. The molecule has 28 heavy (non-hydrogen) atoms. The van der Waals surface area contributed by atoms with Crippen molar-refractivity contribution in [3.63, 3.8) is 0 Å². The predicted molar refractivity (Wildman–Crippen MR) is 116 cm³/mol.